The van der Waals surface area contributed by atoms with Crippen LogP contribution in [-0.2, 0) is 4.74 Å². The highest BCUT2D eigenvalue weighted by Crippen LogP contribution is 2.22. The molecule has 0 rings (SSSR count). The first-order valence-corrected chi connectivity index (χ1v) is 1.99. The van der Waals surface area contributed by atoms with Gasteiger partial charge >= 0.3 is 6.36 Å². The molecule has 0 heterocycles. The van der Waals surface area contributed by atoms with E-state index in [9.17, 15) is 26.3 Å². The minimum Gasteiger partial charge on any atom is -0.251 e. The largest absolute Gasteiger partial charge is 0.525 e. The van der Waals surface area contributed by atoms with Gasteiger partial charge in [-0.05, 0) is 9.90 Å². The SMILES string of the molecule is FC(F)C(F)OC(F)(F)F.[PH4+]. The van der Waals surface area contributed by atoms with Crippen molar-refractivity contribution >= 4 is 9.90 Å². The van der Waals surface area contributed by atoms with E-state index in [4.69, 9.17) is 0 Å². The van der Waals surface area contributed by atoms with Crippen molar-refractivity contribution in [3.05, 3.63) is 0 Å². The van der Waals surface area contributed by atoms with Crippen LogP contribution in [0.3, 0.4) is 0 Å². The van der Waals surface area contributed by atoms with Crippen LogP contribution >= 0.6 is 9.90 Å². The molecule has 70 valence electrons. The molecule has 0 saturated heterocycles. The quantitative estimate of drug-likeness (QED) is 0.491. The Labute approximate surface area is 61.3 Å². The van der Waals surface area contributed by atoms with Gasteiger partial charge < -0.3 is 0 Å². The Balaban J connectivity index is 0. The maximum atomic E-state index is 11.3. The Morgan fingerprint density at radius 1 is 1.00 bits per heavy atom. The van der Waals surface area contributed by atoms with Gasteiger partial charge in [0.05, 0.1) is 0 Å². The van der Waals surface area contributed by atoms with Crippen molar-refractivity contribution in [3.63, 3.8) is 0 Å². The van der Waals surface area contributed by atoms with Crippen molar-refractivity contribution in [2.24, 2.45) is 0 Å². The number of alkyl halides is 6. The van der Waals surface area contributed by atoms with Gasteiger partial charge in [-0.3, -0.25) is 4.74 Å². The molecule has 0 aromatic heterocycles. The zero-order valence-corrected chi connectivity index (χ0v) is 7.33. The molecule has 0 radical (unpaired) electrons. The van der Waals surface area contributed by atoms with Gasteiger partial charge in [0, 0.05) is 0 Å². The maximum Gasteiger partial charge on any atom is 0.525 e. The number of hydrogen-bond acceptors (Lipinski definition) is 1. The summed E-state index contributed by atoms with van der Waals surface area (Å²) in [5, 5.41) is 0. The van der Waals surface area contributed by atoms with E-state index in [-0.39, 0.29) is 9.90 Å². The number of halogens is 6. The summed E-state index contributed by atoms with van der Waals surface area (Å²) in [6.45, 7) is 0. The van der Waals surface area contributed by atoms with E-state index in [2.05, 4.69) is 4.74 Å². The third-order valence-electron chi connectivity index (χ3n) is 0.444. The number of rotatable bonds is 2. The molecule has 0 fully saturated rings. The molecule has 11 heavy (non-hydrogen) atoms. The van der Waals surface area contributed by atoms with Crippen LogP contribution in [0.1, 0.15) is 0 Å². The van der Waals surface area contributed by atoms with Gasteiger partial charge in [-0.1, -0.05) is 0 Å². The van der Waals surface area contributed by atoms with Gasteiger partial charge in [-0.25, -0.2) is 13.2 Å². The number of ether oxygens (including phenoxy) is 1. The average Bonchev–Trinajstić information content (AvgIpc) is 1.60. The van der Waals surface area contributed by atoms with Crippen molar-refractivity contribution in [2.75, 3.05) is 0 Å². The minimum atomic E-state index is -5.35. The second-order valence-corrected chi connectivity index (χ2v) is 1.25. The fourth-order valence-electron chi connectivity index (χ4n) is 0.179. The second kappa shape index (κ2) is 4.77. The van der Waals surface area contributed by atoms with Crippen molar-refractivity contribution in [2.45, 2.75) is 19.1 Å². The van der Waals surface area contributed by atoms with Gasteiger partial charge in [0.15, 0.2) is 0 Å². The molecule has 0 aliphatic heterocycles. The summed E-state index contributed by atoms with van der Waals surface area (Å²) in [6.07, 6.45) is -12.7. The molecule has 0 aliphatic rings. The maximum absolute atomic E-state index is 11.3. The molecule has 0 aromatic rings. The predicted octanol–water partition coefficient (Wildman–Crippen LogP) is 1.87. The second-order valence-electron chi connectivity index (χ2n) is 1.25. The Morgan fingerprint density at radius 3 is 1.45 bits per heavy atom. The van der Waals surface area contributed by atoms with Crippen LogP contribution in [0.15, 0.2) is 0 Å². The Hall–Kier alpha value is -0.0300. The van der Waals surface area contributed by atoms with E-state index in [1.165, 1.54) is 0 Å². The molecule has 2 atom stereocenters. The lowest BCUT2D eigenvalue weighted by atomic mass is 10.7. The highest BCUT2D eigenvalue weighted by molar-refractivity contribution is 6.92. The zero-order valence-electron chi connectivity index (χ0n) is 5.33. The standard InChI is InChI=1S/C3H2F6O.H3P/c4-1(5)2(6)10-3(7,8)9;/h1-2H;1H3/p+1. The van der Waals surface area contributed by atoms with Crippen molar-refractivity contribution in [1.82, 2.24) is 0 Å². The summed E-state index contributed by atoms with van der Waals surface area (Å²) in [5.74, 6) is 0. The van der Waals surface area contributed by atoms with E-state index < -0.39 is 19.1 Å². The highest BCUT2D eigenvalue weighted by atomic mass is 31.0. The molecule has 0 N–H and O–H groups in total. The minimum absolute atomic E-state index is 0. The lowest BCUT2D eigenvalue weighted by molar-refractivity contribution is -0.373. The fourth-order valence-corrected chi connectivity index (χ4v) is 0.179. The van der Waals surface area contributed by atoms with Crippen molar-refractivity contribution in [1.29, 1.82) is 0 Å². The Bertz CT molecular complexity index is 102. The number of hydrogen-bond donors (Lipinski definition) is 0. The molecule has 0 saturated carbocycles. The van der Waals surface area contributed by atoms with E-state index in [0.29, 0.717) is 0 Å². The first-order valence-electron chi connectivity index (χ1n) is 1.99. The summed E-state index contributed by atoms with van der Waals surface area (Å²) >= 11 is 0. The summed E-state index contributed by atoms with van der Waals surface area (Å²) < 4.78 is 68.1. The predicted molar refractivity (Wildman–Crippen MR) is 30.5 cm³/mol. The summed E-state index contributed by atoms with van der Waals surface area (Å²) in [5.41, 5.74) is 0. The van der Waals surface area contributed by atoms with Crippen LogP contribution in [-0.4, -0.2) is 19.1 Å². The van der Waals surface area contributed by atoms with E-state index in [0.717, 1.165) is 0 Å². The summed E-state index contributed by atoms with van der Waals surface area (Å²) in [6, 6.07) is 0. The molecular formula is C3H6F6OP+. The fraction of sp³-hybridized carbons (Fsp3) is 1.00. The molecule has 2 unspecified atom stereocenters. The van der Waals surface area contributed by atoms with Gasteiger partial charge in [0.2, 0.25) is 0 Å². The van der Waals surface area contributed by atoms with Gasteiger partial charge in [0.1, 0.15) is 0 Å². The molecule has 0 amide bonds. The summed E-state index contributed by atoms with van der Waals surface area (Å²) in [4.78, 5) is 0. The monoisotopic (exact) mass is 203 g/mol. The Kier molecular flexibility index (Phi) is 5.88. The van der Waals surface area contributed by atoms with Crippen LogP contribution in [0.5, 0.6) is 0 Å². The van der Waals surface area contributed by atoms with Crippen molar-refractivity contribution in [3.8, 4) is 0 Å². The summed E-state index contributed by atoms with van der Waals surface area (Å²) in [7, 11) is 0. The first kappa shape index (κ1) is 13.6. The van der Waals surface area contributed by atoms with Crippen LogP contribution < -0.4 is 0 Å². The van der Waals surface area contributed by atoms with Gasteiger partial charge in [-0.2, -0.15) is 0 Å². The lowest BCUT2D eigenvalue weighted by Gasteiger charge is -2.09. The first-order chi connectivity index (χ1) is 4.33. The van der Waals surface area contributed by atoms with Crippen LogP contribution in [0.2, 0.25) is 0 Å². The third kappa shape index (κ3) is 7.87. The normalized spacial score (nSPS) is 14.5. The van der Waals surface area contributed by atoms with E-state index in [1.54, 1.807) is 0 Å². The molecule has 1 nitrogen and oxygen atoms in total. The smallest absolute Gasteiger partial charge is 0.251 e. The topological polar surface area (TPSA) is 9.23 Å². The molecular weight excluding hydrogens is 197 g/mol. The average molecular weight is 203 g/mol. The lowest BCUT2D eigenvalue weighted by Crippen LogP contribution is -2.25. The van der Waals surface area contributed by atoms with Crippen LogP contribution in [0.25, 0.3) is 0 Å². The molecule has 0 bridgehead atoms. The molecule has 0 aliphatic carbocycles. The molecule has 8 heteroatoms. The molecule has 0 spiro atoms. The highest BCUT2D eigenvalue weighted by Gasteiger charge is 2.37. The van der Waals surface area contributed by atoms with Crippen LogP contribution in [0, 0.1) is 0 Å². The van der Waals surface area contributed by atoms with Gasteiger partial charge in [-0.15, -0.1) is 13.2 Å². The molecule has 0 aromatic carbocycles. The van der Waals surface area contributed by atoms with Gasteiger partial charge in [0.25, 0.3) is 12.8 Å². The van der Waals surface area contributed by atoms with E-state index in [1.807, 2.05) is 0 Å². The van der Waals surface area contributed by atoms with Crippen molar-refractivity contribution < 1.29 is 31.1 Å². The zero-order chi connectivity index (χ0) is 8.36. The Morgan fingerprint density at radius 2 is 1.36 bits per heavy atom. The third-order valence-corrected chi connectivity index (χ3v) is 0.444. The van der Waals surface area contributed by atoms with E-state index >= 15 is 0 Å². The van der Waals surface area contributed by atoms with Crippen LogP contribution in [0.4, 0.5) is 26.3 Å².